The molecule has 1 aromatic carbocycles. The molecule has 82 valence electrons. The molecule has 0 saturated carbocycles. The van der Waals surface area contributed by atoms with Crippen LogP contribution in [0.5, 0.6) is 0 Å². The van der Waals surface area contributed by atoms with Crippen LogP contribution in [-0.4, -0.2) is 12.6 Å². The van der Waals surface area contributed by atoms with Crippen molar-refractivity contribution in [3.63, 3.8) is 0 Å². The summed E-state index contributed by atoms with van der Waals surface area (Å²) in [4.78, 5) is 11.4. The lowest BCUT2D eigenvalue weighted by Gasteiger charge is -2.06. The van der Waals surface area contributed by atoms with Crippen molar-refractivity contribution in [3.05, 3.63) is 29.6 Å². The number of carbonyl (C=O) groups excluding carboxylic acids is 1. The van der Waals surface area contributed by atoms with Crippen LogP contribution in [0.2, 0.25) is 0 Å². The number of hydrogen-bond acceptors (Lipinski definition) is 3. The minimum absolute atomic E-state index is 0.0890. The Balaban J connectivity index is 2.69. The predicted molar refractivity (Wildman–Crippen MR) is 56.0 cm³/mol. The Bertz CT molecular complexity index is 352. The zero-order valence-corrected chi connectivity index (χ0v) is 8.63. The number of rotatable bonds is 4. The van der Waals surface area contributed by atoms with Crippen molar-refractivity contribution in [3.8, 4) is 0 Å². The highest BCUT2D eigenvalue weighted by molar-refractivity contribution is 5.95. The third-order valence-electron chi connectivity index (χ3n) is 2.00. The lowest BCUT2D eigenvalue weighted by Crippen LogP contribution is -2.10. The number of carbonyl (C=O) groups is 1. The van der Waals surface area contributed by atoms with Gasteiger partial charge in [0.05, 0.1) is 17.9 Å². The molecule has 15 heavy (non-hydrogen) atoms. The lowest BCUT2D eigenvalue weighted by atomic mass is 10.2. The van der Waals surface area contributed by atoms with Crippen molar-refractivity contribution in [1.29, 1.82) is 0 Å². The normalized spacial score (nSPS) is 10.0. The van der Waals surface area contributed by atoms with Crippen LogP contribution >= 0.6 is 0 Å². The number of nitrogen functional groups attached to an aromatic ring is 1. The molecule has 4 heteroatoms. The quantitative estimate of drug-likeness (QED) is 0.472. The maximum Gasteiger partial charge on any atom is 0.340 e. The molecule has 0 aliphatic rings. The van der Waals surface area contributed by atoms with E-state index in [4.69, 9.17) is 10.5 Å². The minimum Gasteiger partial charge on any atom is -0.462 e. The van der Waals surface area contributed by atoms with Crippen LogP contribution in [0.1, 0.15) is 30.1 Å². The van der Waals surface area contributed by atoms with Crippen molar-refractivity contribution in [2.24, 2.45) is 0 Å². The van der Waals surface area contributed by atoms with Gasteiger partial charge in [0, 0.05) is 0 Å². The van der Waals surface area contributed by atoms with Crippen molar-refractivity contribution >= 4 is 11.7 Å². The van der Waals surface area contributed by atoms with Gasteiger partial charge in [-0.15, -0.1) is 0 Å². The van der Waals surface area contributed by atoms with Gasteiger partial charge in [-0.3, -0.25) is 0 Å². The summed E-state index contributed by atoms with van der Waals surface area (Å²) >= 11 is 0. The molecule has 1 rings (SSSR count). The molecule has 1 aromatic rings. The molecule has 0 amide bonds. The number of esters is 1. The molecule has 0 bridgehead atoms. The topological polar surface area (TPSA) is 52.3 Å². The Morgan fingerprint density at radius 2 is 2.27 bits per heavy atom. The summed E-state index contributed by atoms with van der Waals surface area (Å²) in [7, 11) is 0. The standard InChI is InChI=1S/C11H14FNO2/c1-2-3-7-15-11(14)8-5-4-6-9(12)10(8)13/h4-6H,2-3,7,13H2,1H3. The minimum atomic E-state index is -0.597. The molecule has 2 N–H and O–H groups in total. The maximum atomic E-state index is 13.0. The van der Waals surface area contributed by atoms with Crippen LogP contribution in [0.25, 0.3) is 0 Å². The van der Waals surface area contributed by atoms with E-state index in [9.17, 15) is 9.18 Å². The summed E-state index contributed by atoms with van der Waals surface area (Å²) in [6.45, 7) is 2.33. The fourth-order valence-electron chi connectivity index (χ4n) is 1.10. The van der Waals surface area contributed by atoms with Gasteiger partial charge in [0.25, 0.3) is 0 Å². The van der Waals surface area contributed by atoms with Gasteiger partial charge in [0.2, 0.25) is 0 Å². The third-order valence-corrected chi connectivity index (χ3v) is 2.00. The summed E-state index contributed by atoms with van der Waals surface area (Å²) in [6.07, 6.45) is 1.73. The van der Waals surface area contributed by atoms with Crippen LogP contribution < -0.4 is 5.73 Å². The summed E-state index contributed by atoms with van der Waals surface area (Å²) in [5.74, 6) is -1.17. The van der Waals surface area contributed by atoms with E-state index in [0.717, 1.165) is 12.8 Å². The number of nitrogens with two attached hydrogens (primary N) is 1. The predicted octanol–water partition coefficient (Wildman–Crippen LogP) is 2.36. The van der Waals surface area contributed by atoms with Crippen LogP contribution in [0, 0.1) is 5.82 Å². The summed E-state index contributed by atoms with van der Waals surface area (Å²) < 4.78 is 17.9. The number of hydrogen-bond donors (Lipinski definition) is 1. The van der Waals surface area contributed by atoms with Gasteiger partial charge in [0.15, 0.2) is 0 Å². The number of unbranched alkanes of at least 4 members (excludes halogenated alkanes) is 1. The fourth-order valence-corrected chi connectivity index (χ4v) is 1.10. The van der Waals surface area contributed by atoms with E-state index in [1.54, 1.807) is 0 Å². The Labute approximate surface area is 88.0 Å². The van der Waals surface area contributed by atoms with Gasteiger partial charge in [-0.05, 0) is 18.6 Å². The molecule has 0 aliphatic heterocycles. The number of halogens is 1. The molecular formula is C11H14FNO2. The monoisotopic (exact) mass is 211 g/mol. The molecule has 0 atom stereocenters. The van der Waals surface area contributed by atoms with Gasteiger partial charge in [0.1, 0.15) is 5.82 Å². The molecule has 0 fully saturated rings. The van der Waals surface area contributed by atoms with E-state index < -0.39 is 11.8 Å². The molecular weight excluding hydrogens is 197 g/mol. The first-order chi connectivity index (χ1) is 7.16. The van der Waals surface area contributed by atoms with E-state index in [1.807, 2.05) is 6.92 Å². The Kier molecular flexibility index (Phi) is 4.09. The summed E-state index contributed by atoms with van der Waals surface area (Å²) in [5.41, 5.74) is 5.35. The van der Waals surface area contributed by atoms with Crippen molar-refractivity contribution in [1.82, 2.24) is 0 Å². The first-order valence-corrected chi connectivity index (χ1v) is 4.88. The molecule has 0 aliphatic carbocycles. The van der Waals surface area contributed by atoms with Crippen molar-refractivity contribution < 1.29 is 13.9 Å². The maximum absolute atomic E-state index is 13.0. The highest BCUT2D eigenvalue weighted by Gasteiger charge is 2.13. The van der Waals surface area contributed by atoms with E-state index in [-0.39, 0.29) is 11.3 Å². The Morgan fingerprint density at radius 1 is 1.53 bits per heavy atom. The highest BCUT2D eigenvalue weighted by atomic mass is 19.1. The van der Waals surface area contributed by atoms with Gasteiger partial charge in [-0.2, -0.15) is 0 Å². The van der Waals surface area contributed by atoms with Gasteiger partial charge >= 0.3 is 5.97 Å². The first kappa shape index (κ1) is 11.5. The summed E-state index contributed by atoms with van der Waals surface area (Å²) in [6, 6.07) is 4.09. The van der Waals surface area contributed by atoms with Crippen LogP contribution in [0.4, 0.5) is 10.1 Å². The van der Waals surface area contributed by atoms with E-state index in [1.165, 1.54) is 18.2 Å². The lowest BCUT2D eigenvalue weighted by molar-refractivity contribution is 0.0500. The largest absolute Gasteiger partial charge is 0.462 e. The zero-order chi connectivity index (χ0) is 11.3. The highest BCUT2D eigenvalue weighted by Crippen LogP contribution is 2.16. The molecule has 0 saturated heterocycles. The smallest absolute Gasteiger partial charge is 0.340 e. The van der Waals surface area contributed by atoms with Gasteiger partial charge in [-0.25, -0.2) is 9.18 Å². The van der Waals surface area contributed by atoms with Crippen LogP contribution in [-0.2, 0) is 4.74 Å². The molecule has 0 unspecified atom stereocenters. The van der Waals surface area contributed by atoms with Gasteiger partial charge < -0.3 is 10.5 Å². The fraction of sp³-hybridized carbons (Fsp3) is 0.364. The number of anilines is 1. The summed E-state index contributed by atoms with van der Waals surface area (Å²) in [5, 5.41) is 0. The average Bonchev–Trinajstić information content (AvgIpc) is 2.22. The van der Waals surface area contributed by atoms with Gasteiger partial charge in [-0.1, -0.05) is 19.4 Å². The van der Waals surface area contributed by atoms with E-state index in [2.05, 4.69) is 0 Å². The third kappa shape index (κ3) is 2.94. The van der Waals surface area contributed by atoms with E-state index >= 15 is 0 Å². The van der Waals surface area contributed by atoms with Crippen molar-refractivity contribution in [2.45, 2.75) is 19.8 Å². The van der Waals surface area contributed by atoms with Crippen LogP contribution in [0.15, 0.2) is 18.2 Å². The molecule has 3 nitrogen and oxygen atoms in total. The zero-order valence-electron chi connectivity index (χ0n) is 8.63. The first-order valence-electron chi connectivity index (χ1n) is 4.88. The SMILES string of the molecule is CCCCOC(=O)c1cccc(F)c1N. The second-order valence-corrected chi connectivity index (χ2v) is 3.19. The second kappa shape index (κ2) is 5.34. The van der Waals surface area contributed by atoms with E-state index in [0.29, 0.717) is 6.61 Å². The molecule has 0 aromatic heterocycles. The molecule has 0 heterocycles. The number of para-hydroxylation sites is 1. The molecule has 0 spiro atoms. The Hall–Kier alpha value is -1.58. The second-order valence-electron chi connectivity index (χ2n) is 3.19. The van der Waals surface area contributed by atoms with Crippen LogP contribution in [0.3, 0.4) is 0 Å². The average molecular weight is 211 g/mol. The Morgan fingerprint density at radius 3 is 2.93 bits per heavy atom. The number of benzene rings is 1. The number of ether oxygens (including phenoxy) is 1. The molecule has 0 radical (unpaired) electrons. The van der Waals surface area contributed by atoms with Crippen molar-refractivity contribution in [2.75, 3.05) is 12.3 Å².